The van der Waals surface area contributed by atoms with Crippen molar-refractivity contribution < 1.29 is 4.79 Å². The van der Waals surface area contributed by atoms with Crippen LogP contribution in [-0.2, 0) is 4.79 Å². The van der Waals surface area contributed by atoms with Gasteiger partial charge in [-0.25, -0.2) is 0 Å². The highest BCUT2D eigenvalue weighted by Crippen LogP contribution is 2.23. The molecule has 0 aromatic rings. The first kappa shape index (κ1) is 16.4. The highest BCUT2D eigenvalue weighted by Gasteiger charge is 2.31. The molecule has 3 N–H and O–H groups in total. The third-order valence-corrected chi connectivity index (χ3v) is 4.29. The van der Waals surface area contributed by atoms with Gasteiger partial charge >= 0.3 is 0 Å². The van der Waals surface area contributed by atoms with Crippen LogP contribution in [0.15, 0.2) is 0 Å². The molecule has 4 heteroatoms. The van der Waals surface area contributed by atoms with E-state index < -0.39 is 5.54 Å². The fourth-order valence-corrected chi connectivity index (χ4v) is 3.11. The van der Waals surface area contributed by atoms with Crippen molar-refractivity contribution >= 4 is 5.91 Å². The second-order valence-corrected chi connectivity index (χ2v) is 6.52. The maximum Gasteiger partial charge on any atom is 0.237 e. The van der Waals surface area contributed by atoms with Crippen molar-refractivity contribution in [2.75, 3.05) is 13.6 Å². The number of hydrogen-bond acceptors (Lipinski definition) is 3. The Balaban J connectivity index is 2.37. The van der Waals surface area contributed by atoms with Crippen LogP contribution in [0.25, 0.3) is 0 Å². The molecule has 0 radical (unpaired) electrons. The fraction of sp³-hybridized carbons (Fsp3) is 0.933. The molecule has 1 aliphatic rings. The third-order valence-electron chi connectivity index (χ3n) is 4.29. The van der Waals surface area contributed by atoms with Crippen molar-refractivity contribution in [2.24, 2.45) is 5.73 Å². The average Bonchev–Trinajstić information content (AvgIpc) is 2.80. The van der Waals surface area contributed by atoms with Gasteiger partial charge in [0.05, 0.1) is 5.54 Å². The lowest BCUT2D eigenvalue weighted by atomic mass is 9.93. The molecule has 0 bridgehead atoms. The predicted molar refractivity (Wildman–Crippen MR) is 80.0 cm³/mol. The van der Waals surface area contributed by atoms with E-state index in [-0.39, 0.29) is 11.9 Å². The molecule has 4 nitrogen and oxygen atoms in total. The van der Waals surface area contributed by atoms with Gasteiger partial charge in [-0.2, -0.15) is 0 Å². The highest BCUT2D eigenvalue weighted by molar-refractivity contribution is 5.84. The molecule has 19 heavy (non-hydrogen) atoms. The summed E-state index contributed by atoms with van der Waals surface area (Å²) in [6, 6.07) is 1.02. The zero-order valence-electron chi connectivity index (χ0n) is 13.0. The molecular formula is C15H31N3O. The zero-order valence-corrected chi connectivity index (χ0v) is 13.0. The Kier molecular flexibility index (Phi) is 6.27. The minimum atomic E-state index is -0.579. The number of hydrogen-bond donors (Lipinski definition) is 2. The van der Waals surface area contributed by atoms with Crippen LogP contribution in [0.4, 0.5) is 0 Å². The summed E-state index contributed by atoms with van der Waals surface area (Å²) < 4.78 is 0. The zero-order chi connectivity index (χ0) is 14.5. The molecule has 1 saturated carbocycles. The van der Waals surface area contributed by atoms with Crippen LogP contribution < -0.4 is 11.1 Å². The standard InChI is InChI=1S/C15H31N3O/c1-12(2)17-15(3,14(16)19)10-7-11-18(4)13-8-5-6-9-13/h12-13,17H,5-11H2,1-4H3,(H2,16,19). The molecule has 1 amide bonds. The van der Waals surface area contributed by atoms with Crippen LogP contribution in [0.1, 0.15) is 59.3 Å². The van der Waals surface area contributed by atoms with E-state index in [1.165, 1.54) is 25.7 Å². The van der Waals surface area contributed by atoms with Crippen molar-refractivity contribution in [2.45, 2.75) is 76.9 Å². The van der Waals surface area contributed by atoms with Gasteiger partial charge < -0.3 is 16.0 Å². The maximum absolute atomic E-state index is 11.6. The van der Waals surface area contributed by atoms with Crippen LogP contribution in [0, 0.1) is 0 Å². The molecular weight excluding hydrogens is 238 g/mol. The van der Waals surface area contributed by atoms with E-state index in [0.717, 1.165) is 25.4 Å². The number of primary amides is 1. The predicted octanol–water partition coefficient (Wildman–Crippen LogP) is 1.88. The van der Waals surface area contributed by atoms with E-state index in [0.29, 0.717) is 0 Å². The van der Waals surface area contributed by atoms with Gasteiger partial charge in [0.25, 0.3) is 0 Å². The van der Waals surface area contributed by atoms with Gasteiger partial charge in [0.2, 0.25) is 5.91 Å². The number of carbonyl (C=O) groups excluding carboxylic acids is 1. The largest absolute Gasteiger partial charge is 0.368 e. The van der Waals surface area contributed by atoms with Crippen molar-refractivity contribution in [3.63, 3.8) is 0 Å². The van der Waals surface area contributed by atoms with Crippen molar-refractivity contribution in [3.05, 3.63) is 0 Å². The third kappa shape index (κ3) is 5.11. The molecule has 1 aliphatic carbocycles. The summed E-state index contributed by atoms with van der Waals surface area (Å²) in [6.45, 7) is 7.07. The Morgan fingerprint density at radius 2 is 2.00 bits per heavy atom. The van der Waals surface area contributed by atoms with Crippen LogP contribution in [0.2, 0.25) is 0 Å². The van der Waals surface area contributed by atoms with E-state index in [1.54, 1.807) is 0 Å². The van der Waals surface area contributed by atoms with Gasteiger partial charge in [-0.1, -0.05) is 12.8 Å². The SMILES string of the molecule is CC(C)NC(C)(CCCN(C)C1CCCC1)C(N)=O. The summed E-state index contributed by atoms with van der Waals surface area (Å²) in [7, 11) is 2.20. The Morgan fingerprint density at radius 3 is 2.47 bits per heavy atom. The second kappa shape index (κ2) is 7.25. The molecule has 0 aromatic heterocycles. The number of rotatable bonds is 8. The molecule has 1 fully saturated rings. The number of amides is 1. The minimum Gasteiger partial charge on any atom is -0.368 e. The van der Waals surface area contributed by atoms with E-state index in [2.05, 4.69) is 17.3 Å². The number of nitrogens with one attached hydrogen (secondary N) is 1. The number of nitrogens with zero attached hydrogens (tertiary/aromatic N) is 1. The van der Waals surface area contributed by atoms with Gasteiger partial charge in [-0.3, -0.25) is 4.79 Å². The Labute approximate surface area is 118 Å². The van der Waals surface area contributed by atoms with Crippen molar-refractivity contribution in [1.29, 1.82) is 0 Å². The molecule has 112 valence electrons. The first-order chi connectivity index (χ1) is 8.85. The lowest BCUT2D eigenvalue weighted by Gasteiger charge is -2.31. The summed E-state index contributed by atoms with van der Waals surface area (Å²) in [6.07, 6.45) is 7.19. The van der Waals surface area contributed by atoms with Crippen LogP contribution in [0.5, 0.6) is 0 Å². The normalized spacial score (nSPS) is 20.1. The van der Waals surface area contributed by atoms with E-state index >= 15 is 0 Å². The summed E-state index contributed by atoms with van der Waals surface area (Å²) in [5.74, 6) is -0.246. The van der Waals surface area contributed by atoms with Gasteiger partial charge in [0, 0.05) is 12.1 Å². The number of carbonyl (C=O) groups is 1. The lowest BCUT2D eigenvalue weighted by Crippen LogP contribution is -2.55. The van der Waals surface area contributed by atoms with Crippen LogP contribution in [-0.4, -0.2) is 42.0 Å². The molecule has 0 spiro atoms. The topological polar surface area (TPSA) is 58.4 Å². The van der Waals surface area contributed by atoms with Crippen molar-refractivity contribution in [1.82, 2.24) is 10.2 Å². The Bertz CT molecular complexity index is 287. The molecule has 0 aromatic carbocycles. The average molecular weight is 269 g/mol. The number of nitrogens with two attached hydrogens (primary N) is 1. The van der Waals surface area contributed by atoms with Crippen molar-refractivity contribution in [3.8, 4) is 0 Å². The van der Waals surface area contributed by atoms with Gasteiger partial charge in [-0.05, 0) is 60.0 Å². The maximum atomic E-state index is 11.6. The van der Waals surface area contributed by atoms with Crippen LogP contribution in [0.3, 0.4) is 0 Å². The molecule has 1 unspecified atom stereocenters. The molecule has 1 atom stereocenters. The Hall–Kier alpha value is -0.610. The van der Waals surface area contributed by atoms with Gasteiger partial charge in [0.1, 0.15) is 0 Å². The van der Waals surface area contributed by atoms with Crippen LogP contribution >= 0.6 is 0 Å². The smallest absolute Gasteiger partial charge is 0.237 e. The van der Waals surface area contributed by atoms with E-state index in [9.17, 15) is 4.79 Å². The monoisotopic (exact) mass is 269 g/mol. The molecule has 1 rings (SSSR count). The van der Waals surface area contributed by atoms with Gasteiger partial charge in [0.15, 0.2) is 0 Å². The fourth-order valence-electron chi connectivity index (χ4n) is 3.11. The summed E-state index contributed by atoms with van der Waals surface area (Å²) in [5.41, 5.74) is 4.96. The second-order valence-electron chi connectivity index (χ2n) is 6.52. The van der Waals surface area contributed by atoms with E-state index in [4.69, 9.17) is 5.73 Å². The summed E-state index contributed by atoms with van der Waals surface area (Å²) in [4.78, 5) is 14.1. The molecule has 0 aliphatic heterocycles. The first-order valence-corrected chi connectivity index (χ1v) is 7.63. The molecule has 0 saturated heterocycles. The quantitative estimate of drug-likeness (QED) is 0.707. The Morgan fingerprint density at radius 1 is 1.42 bits per heavy atom. The lowest BCUT2D eigenvalue weighted by molar-refractivity contribution is -0.124. The molecule has 0 heterocycles. The minimum absolute atomic E-state index is 0.246. The van der Waals surface area contributed by atoms with E-state index in [1.807, 2.05) is 20.8 Å². The van der Waals surface area contributed by atoms with Gasteiger partial charge in [-0.15, -0.1) is 0 Å². The first-order valence-electron chi connectivity index (χ1n) is 7.63. The summed E-state index contributed by atoms with van der Waals surface area (Å²) >= 11 is 0. The summed E-state index contributed by atoms with van der Waals surface area (Å²) in [5, 5.41) is 3.31. The highest BCUT2D eigenvalue weighted by atomic mass is 16.1.